The molecular formula is C19H22Cl2N2O2. The minimum absolute atomic E-state index is 0.0332. The Balaban J connectivity index is 2.12. The lowest BCUT2D eigenvalue weighted by Crippen LogP contribution is -2.45. The molecule has 1 aliphatic heterocycles. The molecule has 1 N–H and O–H groups in total. The van der Waals surface area contributed by atoms with E-state index in [0.717, 1.165) is 48.8 Å². The van der Waals surface area contributed by atoms with Crippen LogP contribution in [0.3, 0.4) is 0 Å². The van der Waals surface area contributed by atoms with Crippen LogP contribution < -0.4 is 14.8 Å². The Morgan fingerprint density at radius 2 is 1.76 bits per heavy atom. The first kappa shape index (κ1) is 18.3. The SMILES string of the molecule is COc1ccc(C(c2cccc(Cl)c2Cl)N2CCNCC2)c(OC)c1. The van der Waals surface area contributed by atoms with E-state index >= 15 is 0 Å². The summed E-state index contributed by atoms with van der Waals surface area (Å²) in [5, 5.41) is 4.54. The topological polar surface area (TPSA) is 33.7 Å². The molecule has 2 aromatic carbocycles. The van der Waals surface area contributed by atoms with Crippen molar-refractivity contribution in [2.45, 2.75) is 6.04 Å². The van der Waals surface area contributed by atoms with Crippen LogP contribution in [-0.2, 0) is 0 Å². The van der Waals surface area contributed by atoms with Gasteiger partial charge in [-0.3, -0.25) is 4.90 Å². The van der Waals surface area contributed by atoms with Gasteiger partial charge in [-0.25, -0.2) is 0 Å². The van der Waals surface area contributed by atoms with E-state index in [4.69, 9.17) is 32.7 Å². The number of hydrogen-bond acceptors (Lipinski definition) is 4. The van der Waals surface area contributed by atoms with Gasteiger partial charge >= 0.3 is 0 Å². The van der Waals surface area contributed by atoms with E-state index < -0.39 is 0 Å². The van der Waals surface area contributed by atoms with E-state index in [1.165, 1.54) is 0 Å². The molecule has 3 rings (SSSR count). The smallest absolute Gasteiger partial charge is 0.127 e. The van der Waals surface area contributed by atoms with Crippen LogP contribution in [0, 0.1) is 0 Å². The Hall–Kier alpha value is -1.46. The summed E-state index contributed by atoms with van der Waals surface area (Å²) in [6.45, 7) is 3.71. The minimum atomic E-state index is -0.0332. The molecule has 134 valence electrons. The first-order chi connectivity index (χ1) is 12.2. The number of benzene rings is 2. The van der Waals surface area contributed by atoms with Gasteiger partial charge in [0.25, 0.3) is 0 Å². The Labute approximate surface area is 158 Å². The van der Waals surface area contributed by atoms with Gasteiger partial charge in [-0.2, -0.15) is 0 Å². The van der Waals surface area contributed by atoms with Gasteiger partial charge in [0.05, 0.1) is 30.3 Å². The molecular weight excluding hydrogens is 359 g/mol. The molecule has 1 aliphatic rings. The van der Waals surface area contributed by atoms with E-state index in [0.29, 0.717) is 10.0 Å². The average molecular weight is 381 g/mol. The number of piperazine rings is 1. The molecule has 0 aromatic heterocycles. The maximum absolute atomic E-state index is 6.57. The largest absolute Gasteiger partial charge is 0.497 e. The molecule has 0 aliphatic carbocycles. The van der Waals surface area contributed by atoms with Crippen molar-refractivity contribution in [1.29, 1.82) is 0 Å². The molecule has 0 radical (unpaired) electrons. The van der Waals surface area contributed by atoms with Gasteiger partial charge < -0.3 is 14.8 Å². The maximum Gasteiger partial charge on any atom is 0.127 e. The summed E-state index contributed by atoms with van der Waals surface area (Å²) in [6.07, 6.45) is 0. The van der Waals surface area contributed by atoms with E-state index in [1.54, 1.807) is 14.2 Å². The Bertz CT molecular complexity index is 733. The maximum atomic E-state index is 6.57. The molecule has 1 unspecified atom stereocenters. The van der Waals surface area contributed by atoms with Crippen LogP contribution in [0.1, 0.15) is 17.2 Å². The second kappa shape index (κ2) is 8.28. The van der Waals surface area contributed by atoms with Crippen LogP contribution in [-0.4, -0.2) is 45.3 Å². The van der Waals surface area contributed by atoms with E-state index in [9.17, 15) is 0 Å². The van der Waals surface area contributed by atoms with Crippen molar-refractivity contribution < 1.29 is 9.47 Å². The predicted octanol–water partition coefficient (Wildman–Crippen LogP) is 4.01. The molecule has 0 spiro atoms. The fraction of sp³-hybridized carbons (Fsp3) is 0.368. The number of halogens is 2. The summed E-state index contributed by atoms with van der Waals surface area (Å²) < 4.78 is 11.0. The molecule has 0 saturated carbocycles. The van der Waals surface area contributed by atoms with E-state index in [1.807, 2.05) is 36.4 Å². The minimum Gasteiger partial charge on any atom is -0.497 e. The zero-order chi connectivity index (χ0) is 17.8. The molecule has 0 amide bonds. The van der Waals surface area contributed by atoms with E-state index in [-0.39, 0.29) is 6.04 Å². The molecule has 6 heteroatoms. The summed E-state index contributed by atoms with van der Waals surface area (Å²) >= 11 is 12.9. The van der Waals surface area contributed by atoms with Crippen molar-refractivity contribution in [2.75, 3.05) is 40.4 Å². The van der Waals surface area contributed by atoms with Crippen molar-refractivity contribution in [3.63, 3.8) is 0 Å². The number of methoxy groups -OCH3 is 2. The molecule has 1 heterocycles. The number of ether oxygens (including phenoxy) is 2. The van der Waals surface area contributed by atoms with Gasteiger partial charge in [-0.1, -0.05) is 35.3 Å². The normalized spacial score (nSPS) is 16.5. The fourth-order valence-corrected chi connectivity index (χ4v) is 3.69. The summed E-state index contributed by atoms with van der Waals surface area (Å²) in [7, 11) is 3.32. The standard InChI is InChI=1S/C19H22Cl2N2O2/c1-24-13-6-7-14(17(12-13)25-2)19(23-10-8-22-9-11-23)15-4-3-5-16(20)18(15)21/h3-7,12,19,22H,8-11H2,1-2H3. The molecule has 0 bridgehead atoms. The number of nitrogens with zero attached hydrogens (tertiary/aromatic N) is 1. The van der Waals surface area contributed by atoms with Crippen molar-refractivity contribution in [2.24, 2.45) is 0 Å². The van der Waals surface area contributed by atoms with Gasteiger partial charge in [-0.05, 0) is 23.8 Å². The van der Waals surface area contributed by atoms with Crippen molar-refractivity contribution in [3.05, 3.63) is 57.6 Å². The second-order valence-electron chi connectivity index (χ2n) is 5.94. The monoisotopic (exact) mass is 380 g/mol. The summed E-state index contributed by atoms with van der Waals surface area (Å²) in [6, 6.07) is 11.7. The second-order valence-corrected chi connectivity index (χ2v) is 6.72. The lowest BCUT2D eigenvalue weighted by Gasteiger charge is -2.36. The van der Waals surface area contributed by atoms with Crippen LogP contribution in [0.5, 0.6) is 11.5 Å². The van der Waals surface area contributed by atoms with Crippen LogP contribution in [0.15, 0.2) is 36.4 Å². The first-order valence-electron chi connectivity index (χ1n) is 8.26. The zero-order valence-electron chi connectivity index (χ0n) is 14.4. The Kier molecular flexibility index (Phi) is 6.07. The summed E-state index contributed by atoms with van der Waals surface area (Å²) in [5.74, 6) is 1.54. The highest BCUT2D eigenvalue weighted by Crippen LogP contribution is 2.41. The quantitative estimate of drug-likeness (QED) is 0.849. The molecule has 2 aromatic rings. The van der Waals surface area contributed by atoms with Crippen LogP contribution >= 0.6 is 23.2 Å². The van der Waals surface area contributed by atoms with Gasteiger partial charge in [0.15, 0.2) is 0 Å². The third-order valence-corrected chi connectivity index (χ3v) is 5.36. The molecule has 25 heavy (non-hydrogen) atoms. The highest BCUT2D eigenvalue weighted by Gasteiger charge is 2.29. The highest BCUT2D eigenvalue weighted by molar-refractivity contribution is 6.42. The number of hydrogen-bond donors (Lipinski definition) is 1. The number of nitrogens with one attached hydrogen (secondary N) is 1. The Morgan fingerprint density at radius 1 is 1.00 bits per heavy atom. The van der Waals surface area contributed by atoms with Crippen molar-refractivity contribution in [3.8, 4) is 11.5 Å². The highest BCUT2D eigenvalue weighted by atomic mass is 35.5. The zero-order valence-corrected chi connectivity index (χ0v) is 15.9. The third kappa shape index (κ3) is 3.87. The lowest BCUT2D eigenvalue weighted by atomic mass is 9.95. The Morgan fingerprint density at radius 3 is 2.44 bits per heavy atom. The van der Waals surface area contributed by atoms with Crippen molar-refractivity contribution >= 4 is 23.2 Å². The first-order valence-corrected chi connectivity index (χ1v) is 9.02. The van der Waals surface area contributed by atoms with Gasteiger partial charge in [-0.15, -0.1) is 0 Å². The van der Waals surface area contributed by atoms with E-state index in [2.05, 4.69) is 10.2 Å². The lowest BCUT2D eigenvalue weighted by molar-refractivity contribution is 0.195. The van der Waals surface area contributed by atoms with Gasteiger partial charge in [0.2, 0.25) is 0 Å². The summed E-state index contributed by atoms with van der Waals surface area (Å²) in [4.78, 5) is 2.40. The average Bonchev–Trinajstić information content (AvgIpc) is 2.66. The van der Waals surface area contributed by atoms with Crippen molar-refractivity contribution in [1.82, 2.24) is 10.2 Å². The van der Waals surface area contributed by atoms with Gasteiger partial charge in [0.1, 0.15) is 11.5 Å². The molecule has 1 atom stereocenters. The van der Waals surface area contributed by atoms with Crippen LogP contribution in [0.4, 0.5) is 0 Å². The predicted molar refractivity (Wildman–Crippen MR) is 102 cm³/mol. The molecule has 1 fully saturated rings. The van der Waals surface area contributed by atoms with Gasteiger partial charge in [0, 0.05) is 37.8 Å². The van der Waals surface area contributed by atoms with Crippen LogP contribution in [0.2, 0.25) is 10.0 Å². The molecule has 4 nitrogen and oxygen atoms in total. The molecule has 1 saturated heterocycles. The van der Waals surface area contributed by atoms with Crippen LogP contribution in [0.25, 0.3) is 0 Å². The summed E-state index contributed by atoms with van der Waals surface area (Å²) in [5.41, 5.74) is 2.04. The third-order valence-electron chi connectivity index (χ3n) is 4.53. The number of rotatable bonds is 5. The fourth-order valence-electron chi connectivity index (χ4n) is 3.28.